The summed E-state index contributed by atoms with van der Waals surface area (Å²) in [6.45, 7) is 5.64. The highest BCUT2D eigenvalue weighted by molar-refractivity contribution is 5.04. The monoisotopic (exact) mass is 219 g/mol. The molecule has 3 atom stereocenters. The minimum atomic E-state index is -2.28. The second-order valence-electron chi connectivity index (χ2n) is 5.65. The van der Waals surface area contributed by atoms with Gasteiger partial charge in [0.05, 0.1) is 12.2 Å². The number of halogens is 2. The molecule has 0 aromatic rings. The number of rotatable bonds is 3. The van der Waals surface area contributed by atoms with Crippen molar-refractivity contribution in [1.29, 1.82) is 0 Å². The molecule has 0 aromatic heterocycles. The van der Waals surface area contributed by atoms with E-state index in [2.05, 4.69) is 0 Å². The molecule has 0 amide bonds. The third kappa shape index (κ3) is 2.48. The number of likely N-dealkylation sites (tertiary alicyclic amines) is 1. The Bertz CT molecular complexity index is 227. The van der Waals surface area contributed by atoms with E-state index in [0.29, 0.717) is 30.8 Å². The molecule has 0 bridgehead atoms. The molecule has 2 fully saturated rings. The van der Waals surface area contributed by atoms with Crippen molar-refractivity contribution in [3.63, 3.8) is 0 Å². The summed E-state index contributed by atoms with van der Waals surface area (Å²) in [7, 11) is 0. The molecular formula is C11H19F2NO. The highest BCUT2D eigenvalue weighted by atomic mass is 19.3. The van der Waals surface area contributed by atoms with Crippen LogP contribution in [0, 0.1) is 17.8 Å². The Morgan fingerprint density at radius 2 is 1.80 bits per heavy atom. The maximum absolute atomic E-state index is 12.3. The number of fused-ring (bicyclic) bond motifs is 1. The van der Waals surface area contributed by atoms with Gasteiger partial charge in [0.1, 0.15) is 0 Å². The summed E-state index contributed by atoms with van der Waals surface area (Å²) in [5.74, 6) is 1.45. The maximum atomic E-state index is 12.3. The molecular weight excluding hydrogens is 200 g/mol. The van der Waals surface area contributed by atoms with Gasteiger partial charge in [-0.3, -0.25) is 0 Å². The van der Waals surface area contributed by atoms with Crippen LogP contribution >= 0.6 is 0 Å². The molecule has 1 aliphatic heterocycles. The molecule has 1 heterocycles. The summed E-state index contributed by atoms with van der Waals surface area (Å²) in [5.41, 5.74) is -0.112. The lowest BCUT2D eigenvalue weighted by Gasteiger charge is -2.22. The Hall–Kier alpha value is -0.220. The minimum absolute atomic E-state index is 0.112. The zero-order valence-electron chi connectivity index (χ0n) is 9.54. The first-order valence-corrected chi connectivity index (χ1v) is 5.54. The first-order valence-electron chi connectivity index (χ1n) is 5.54. The number of ether oxygens (including phenoxy) is 1. The van der Waals surface area contributed by atoms with Gasteiger partial charge in [0.2, 0.25) is 0 Å². The van der Waals surface area contributed by atoms with Crippen LogP contribution in [-0.4, -0.2) is 36.7 Å². The van der Waals surface area contributed by atoms with Crippen molar-refractivity contribution in [2.75, 3.05) is 19.7 Å². The van der Waals surface area contributed by atoms with E-state index in [0.717, 1.165) is 6.61 Å². The largest absolute Gasteiger partial charge is 0.376 e. The smallest absolute Gasteiger partial charge is 0.294 e. The normalized spacial score (nSPS) is 36.0. The first kappa shape index (κ1) is 11.3. The van der Waals surface area contributed by atoms with Gasteiger partial charge >= 0.3 is 0 Å². The number of nitrogens with zero attached hydrogens (tertiary/aromatic N) is 1. The maximum Gasteiger partial charge on any atom is 0.294 e. The van der Waals surface area contributed by atoms with Crippen molar-refractivity contribution in [3.05, 3.63) is 0 Å². The predicted octanol–water partition coefficient (Wildman–Crippen LogP) is 2.20. The molecule has 2 rings (SSSR count). The molecule has 1 saturated carbocycles. The van der Waals surface area contributed by atoms with Crippen LogP contribution in [0.25, 0.3) is 0 Å². The van der Waals surface area contributed by atoms with Crippen molar-refractivity contribution in [3.8, 4) is 0 Å². The molecule has 1 unspecified atom stereocenters. The molecule has 0 N–H and O–H groups in total. The summed E-state index contributed by atoms with van der Waals surface area (Å²) in [5, 5.41) is 0. The average Bonchev–Trinajstić information content (AvgIpc) is 2.55. The van der Waals surface area contributed by atoms with Gasteiger partial charge in [0.25, 0.3) is 6.55 Å². The zero-order chi connectivity index (χ0) is 11.2. The fourth-order valence-corrected chi connectivity index (χ4v) is 2.43. The van der Waals surface area contributed by atoms with Crippen molar-refractivity contribution in [2.24, 2.45) is 17.8 Å². The van der Waals surface area contributed by atoms with E-state index >= 15 is 0 Å². The van der Waals surface area contributed by atoms with Crippen LogP contribution in [0.1, 0.15) is 20.8 Å². The van der Waals surface area contributed by atoms with Crippen LogP contribution in [0.5, 0.6) is 0 Å². The topological polar surface area (TPSA) is 12.5 Å². The molecule has 1 aliphatic carbocycles. The van der Waals surface area contributed by atoms with Crippen molar-refractivity contribution < 1.29 is 13.5 Å². The summed E-state index contributed by atoms with van der Waals surface area (Å²) < 4.78 is 30.3. The second kappa shape index (κ2) is 3.67. The van der Waals surface area contributed by atoms with Gasteiger partial charge in [-0.1, -0.05) is 0 Å². The minimum Gasteiger partial charge on any atom is -0.376 e. The predicted molar refractivity (Wildman–Crippen MR) is 53.8 cm³/mol. The van der Waals surface area contributed by atoms with Gasteiger partial charge < -0.3 is 4.74 Å². The number of hydrogen-bond donors (Lipinski definition) is 0. The van der Waals surface area contributed by atoms with E-state index < -0.39 is 6.55 Å². The fourth-order valence-electron chi connectivity index (χ4n) is 2.43. The molecule has 0 spiro atoms. The highest BCUT2D eigenvalue weighted by Gasteiger charge is 2.56. The summed E-state index contributed by atoms with van der Waals surface area (Å²) in [6, 6.07) is 0. The standard InChI is InChI=1S/C11H19F2NO/c1-11(2,3)15-6-9-7-4-14(10(12)13)5-8(7)9/h7-10H,4-6H2,1-3H3/t7-,8+,9?. The Labute approximate surface area is 89.6 Å². The van der Waals surface area contributed by atoms with Crippen LogP contribution in [0.3, 0.4) is 0 Å². The average molecular weight is 219 g/mol. The second-order valence-corrected chi connectivity index (χ2v) is 5.65. The van der Waals surface area contributed by atoms with Gasteiger partial charge in [-0.25, -0.2) is 4.90 Å². The molecule has 15 heavy (non-hydrogen) atoms. The van der Waals surface area contributed by atoms with Crippen molar-refractivity contribution in [2.45, 2.75) is 32.9 Å². The van der Waals surface area contributed by atoms with Crippen LogP contribution in [0.2, 0.25) is 0 Å². The lowest BCUT2D eigenvalue weighted by atomic mass is 10.2. The number of piperidine rings is 1. The summed E-state index contributed by atoms with van der Waals surface area (Å²) in [4.78, 5) is 1.27. The van der Waals surface area contributed by atoms with E-state index in [1.54, 1.807) is 0 Å². The number of alkyl halides is 2. The van der Waals surface area contributed by atoms with Crippen molar-refractivity contribution in [1.82, 2.24) is 4.90 Å². The van der Waals surface area contributed by atoms with E-state index in [-0.39, 0.29) is 5.60 Å². The Balaban J connectivity index is 1.71. The van der Waals surface area contributed by atoms with E-state index in [9.17, 15) is 8.78 Å². The zero-order valence-corrected chi connectivity index (χ0v) is 9.54. The van der Waals surface area contributed by atoms with Crippen LogP contribution < -0.4 is 0 Å². The molecule has 0 aromatic carbocycles. The van der Waals surface area contributed by atoms with E-state index in [1.807, 2.05) is 20.8 Å². The van der Waals surface area contributed by atoms with Gasteiger partial charge in [-0.2, -0.15) is 8.78 Å². The lowest BCUT2D eigenvalue weighted by Crippen LogP contribution is -2.31. The third-order valence-corrected chi connectivity index (χ3v) is 3.38. The fraction of sp³-hybridized carbons (Fsp3) is 1.00. The van der Waals surface area contributed by atoms with E-state index in [4.69, 9.17) is 4.74 Å². The van der Waals surface area contributed by atoms with E-state index in [1.165, 1.54) is 4.90 Å². The van der Waals surface area contributed by atoms with Crippen LogP contribution in [0.15, 0.2) is 0 Å². The molecule has 4 heteroatoms. The Morgan fingerprint density at radius 1 is 1.27 bits per heavy atom. The van der Waals surface area contributed by atoms with Gasteiger partial charge in [0, 0.05) is 13.1 Å². The quantitative estimate of drug-likeness (QED) is 0.675. The van der Waals surface area contributed by atoms with Crippen molar-refractivity contribution >= 4 is 0 Å². The lowest BCUT2D eigenvalue weighted by molar-refractivity contribution is -0.0372. The Morgan fingerprint density at radius 3 is 2.20 bits per heavy atom. The van der Waals surface area contributed by atoms with Crippen LogP contribution in [0.4, 0.5) is 8.78 Å². The molecule has 88 valence electrons. The Kier molecular flexibility index (Phi) is 2.75. The highest BCUT2D eigenvalue weighted by Crippen LogP contribution is 2.52. The molecule has 1 saturated heterocycles. The van der Waals surface area contributed by atoms with Crippen LogP contribution in [-0.2, 0) is 4.74 Å². The molecule has 0 radical (unpaired) electrons. The summed E-state index contributed by atoms with van der Waals surface area (Å²) in [6.07, 6.45) is 0. The van der Waals surface area contributed by atoms with Gasteiger partial charge in [-0.15, -0.1) is 0 Å². The third-order valence-electron chi connectivity index (χ3n) is 3.38. The van der Waals surface area contributed by atoms with Gasteiger partial charge in [0.15, 0.2) is 0 Å². The van der Waals surface area contributed by atoms with Gasteiger partial charge in [-0.05, 0) is 38.5 Å². The SMILES string of the molecule is CC(C)(C)OCC1[C@H]2CN(C(F)F)C[C@@H]12. The number of hydrogen-bond acceptors (Lipinski definition) is 2. The summed E-state index contributed by atoms with van der Waals surface area (Å²) >= 11 is 0. The molecule has 2 aliphatic rings. The molecule has 2 nitrogen and oxygen atoms in total. The first-order chi connectivity index (χ1) is 6.88.